The fourth-order valence-corrected chi connectivity index (χ4v) is 6.91. The van der Waals surface area contributed by atoms with E-state index in [9.17, 15) is 0 Å². The van der Waals surface area contributed by atoms with Crippen molar-refractivity contribution < 1.29 is 0 Å². The van der Waals surface area contributed by atoms with E-state index in [1.54, 1.807) is 0 Å². The van der Waals surface area contributed by atoms with E-state index in [2.05, 4.69) is 109 Å². The third-order valence-electron chi connectivity index (χ3n) is 7.16. The lowest BCUT2D eigenvalue weighted by Gasteiger charge is -2.17. The molecule has 0 fully saturated rings. The third-order valence-corrected chi connectivity index (χ3v) is 8.28. The zero-order valence-electron chi connectivity index (χ0n) is 17.8. The Labute approximate surface area is 195 Å². The van der Waals surface area contributed by atoms with Crippen LogP contribution in [0.5, 0.6) is 0 Å². The van der Waals surface area contributed by atoms with E-state index < -0.39 is 0 Å². The molecule has 0 heterocycles. The molecule has 33 heavy (non-hydrogen) atoms. The van der Waals surface area contributed by atoms with Crippen molar-refractivity contribution in [3.8, 4) is 0 Å². The van der Waals surface area contributed by atoms with Crippen LogP contribution in [0, 0.1) is 0 Å². The topological polar surface area (TPSA) is 0 Å². The van der Waals surface area contributed by atoms with Crippen LogP contribution in [0.1, 0.15) is 0 Å². The van der Waals surface area contributed by atoms with Gasteiger partial charge in [0.15, 0.2) is 0 Å². The van der Waals surface area contributed by atoms with Gasteiger partial charge in [-0.15, -0.1) is 0 Å². The van der Waals surface area contributed by atoms with Gasteiger partial charge in [0, 0.05) is 9.79 Å². The van der Waals surface area contributed by atoms with Crippen LogP contribution >= 0.6 is 11.8 Å². The lowest BCUT2D eigenvalue weighted by atomic mass is 9.94. The molecule has 0 aromatic heterocycles. The van der Waals surface area contributed by atoms with E-state index in [1.165, 1.54) is 74.4 Å². The Morgan fingerprint density at radius 1 is 0.333 bits per heavy atom. The zero-order valence-corrected chi connectivity index (χ0v) is 18.6. The fraction of sp³-hybridized carbons (Fsp3) is 0. The Kier molecular flexibility index (Phi) is 3.42. The minimum atomic E-state index is 1.31. The minimum absolute atomic E-state index is 1.31. The van der Waals surface area contributed by atoms with Crippen molar-refractivity contribution >= 4 is 76.4 Å². The first-order chi connectivity index (χ1) is 16.3. The number of rotatable bonds is 2. The maximum Gasteiger partial charge on any atom is 0.0207 e. The van der Waals surface area contributed by atoms with Crippen LogP contribution < -0.4 is 0 Å². The smallest absolute Gasteiger partial charge is 0.0207 e. The SMILES string of the molecule is c1cc2ccc3cccc4c(Sc5cc6cccc7ccc8cccc5c8c76)cc(c1)c2c34. The highest BCUT2D eigenvalue weighted by atomic mass is 32.2. The first-order valence-electron chi connectivity index (χ1n) is 11.4. The zero-order chi connectivity index (χ0) is 21.5. The quantitative estimate of drug-likeness (QED) is 0.244. The maximum atomic E-state index is 2.39. The van der Waals surface area contributed by atoms with E-state index in [4.69, 9.17) is 0 Å². The molecule has 0 saturated heterocycles. The number of hydrogen-bond donors (Lipinski definition) is 0. The Balaban J connectivity index is 1.47. The summed E-state index contributed by atoms with van der Waals surface area (Å²) in [6, 6.07) is 40.5. The highest BCUT2D eigenvalue weighted by Gasteiger charge is 2.16. The normalized spacial score (nSPS) is 12.4. The monoisotopic (exact) mass is 434 g/mol. The first kappa shape index (κ1) is 17.7. The first-order valence-corrected chi connectivity index (χ1v) is 12.2. The molecule has 0 atom stereocenters. The van der Waals surface area contributed by atoms with Crippen LogP contribution in [0.15, 0.2) is 119 Å². The summed E-state index contributed by atoms with van der Waals surface area (Å²) in [6.45, 7) is 0. The summed E-state index contributed by atoms with van der Waals surface area (Å²) in [6.07, 6.45) is 0. The van der Waals surface area contributed by atoms with E-state index >= 15 is 0 Å². The van der Waals surface area contributed by atoms with Crippen molar-refractivity contribution in [2.75, 3.05) is 0 Å². The van der Waals surface area contributed by atoms with Gasteiger partial charge in [0.2, 0.25) is 0 Å². The van der Waals surface area contributed by atoms with Crippen molar-refractivity contribution in [3.63, 3.8) is 0 Å². The third kappa shape index (κ3) is 2.38. The van der Waals surface area contributed by atoms with Crippen molar-refractivity contribution in [2.24, 2.45) is 0 Å². The molecule has 0 aliphatic carbocycles. The molecule has 0 unspecified atom stereocenters. The van der Waals surface area contributed by atoms with Gasteiger partial charge in [0.05, 0.1) is 0 Å². The largest absolute Gasteiger partial charge is 0.0888 e. The van der Waals surface area contributed by atoms with Gasteiger partial charge in [-0.05, 0) is 76.8 Å². The van der Waals surface area contributed by atoms with Gasteiger partial charge < -0.3 is 0 Å². The van der Waals surface area contributed by atoms with E-state index in [-0.39, 0.29) is 0 Å². The predicted octanol–water partition coefficient (Wildman–Crippen LogP) is 9.63. The molecule has 1 heteroatoms. The highest BCUT2D eigenvalue weighted by molar-refractivity contribution is 7.99. The Hall–Kier alpha value is -3.81. The molecular weight excluding hydrogens is 416 g/mol. The van der Waals surface area contributed by atoms with Crippen LogP contribution in [0.25, 0.3) is 64.6 Å². The summed E-state index contributed by atoms with van der Waals surface area (Å²) < 4.78 is 0. The lowest BCUT2D eigenvalue weighted by molar-refractivity contribution is 1.53. The van der Waals surface area contributed by atoms with E-state index in [0.717, 1.165) is 0 Å². The molecule has 0 aliphatic rings. The van der Waals surface area contributed by atoms with Gasteiger partial charge in [-0.2, -0.15) is 0 Å². The molecule has 0 aliphatic heterocycles. The van der Waals surface area contributed by atoms with Gasteiger partial charge >= 0.3 is 0 Å². The summed E-state index contributed by atoms with van der Waals surface area (Å²) in [4.78, 5) is 2.64. The molecular formula is C32H18S. The molecule has 0 radical (unpaired) electrons. The molecule has 8 aromatic carbocycles. The molecule has 152 valence electrons. The minimum Gasteiger partial charge on any atom is -0.0888 e. The van der Waals surface area contributed by atoms with Crippen LogP contribution in [0.4, 0.5) is 0 Å². The molecule has 0 N–H and O–H groups in total. The second-order valence-electron chi connectivity index (χ2n) is 8.95. The lowest BCUT2D eigenvalue weighted by Crippen LogP contribution is -1.88. The molecule has 8 rings (SSSR count). The van der Waals surface area contributed by atoms with Crippen molar-refractivity contribution in [2.45, 2.75) is 9.79 Å². The standard InChI is InChI=1S/C32H18S/c1-5-19-13-15-21-7-3-11-25-27(17-23(9-1)29(19)31(21)25)33-28-18-24-10-2-6-20-14-16-22-8-4-12-26(28)32(22)30(20)24/h1-18H. The van der Waals surface area contributed by atoms with Crippen LogP contribution in [-0.4, -0.2) is 0 Å². The van der Waals surface area contributed by atoms with Crippen molar-refractivity contribution in [3.05, 3.63) is 109 Å². The van der Waals surface area contributed by atoms with Gasteiger partial charge in [-0.1, -0.05) is 109 Å². The second-order valence-corrected chi connectivity index (χ2v) is 10.0. The number of benzene rings is 8. The maximum absolute atomic E-state index is 2.39. The average Bonchev–Trinajstić information content (AvgIpc) is 2.87. The molecule has 8 aromatic rings. The summed E-state index contributed by atoms with van der Waals surface area (Å²) in [5, 5.41) is 16.1. The van der Waals surface area contributed by atoms with E-state index in [1.807, 2.05) is 11.8 Å². The summed E-state index contributed by atoms with van der Waals surface area (Å²) in [7, 11) is 0. The average molecular weight is 435 g/mol. The summed E-state index contributed by atoms with van der Waals surface area (Å²) in [5.74, 6) is 0. The van der Waals surface area contributed by atoms with Crippen LogP contribution in [0.2, 0.25) is 0 Å². The molecule has 0 nitrogen and oxygen atoms in total. The Morgan fingerprint density at radius 3 is 1.15 bits per heavy atom. The Bertz CT molecular complexity index is 1850. The molecule has 0 amide bonds. The van der Waals surface area contributed by atoms with Gasteiger partial charge in [0.25, 0.3) is 0 Å². The van der Waals surface area contributed by atoms with Crippen molar-refractivity contribution in [1.29, 1.82) is 0 Å². The summed E-state index contributed by atoms with van der Waals surface area (Å²) >= 11 is 1.91. The Morgan fingerprint density at radius 2 is 0.697 bits per heavy atom. The molecule has 0 spiro atoms. The van der Waals surface area contributed by atoms with E-state index in [0.29, 0.717) is 0 Å². The van der Waals surface area contributed by atoms with Crippen LogP contribution in [0.3, 0.4) is 0 Å². The predicted molar refractivity (Wildman–Crippen MR) is 144 cm³/mol. The second kappa shape index (κ2) is 6.37. The molecule has 0 bridgehead atoms. The van der Waals surface area contributed by atoms with Crippen molar-refractivity contribution in [1.82, 2.24) is 0 Å². The molecule has 0 saturated carbocycles. The van der Waals surface area contributed by atoms with Gasteiger partial charge in [-0.25, -0.2) is 0 Å². The van der Waals surface area contributed by atoms with Gasteiger partial charge in [0.1, 0.15) is 0 Å². The highest BCUT2D eigenvalue weighted by Crippen LogP contribution is 2.46. The van der Waals surface area contributed by atoms with Gasteiger partial charge in [-0.3, -0.25) is 0 Å². The summed E-state index contributed by atoms with van der Waals surface area (Å²) in [5.41, 5.74) is 0. The van der Waals surface area contributed by atoms with Crippen LogP contribution in [-0.2, 0) is 0 Å². The number of hydrogen-bond acceptors (Lipinski definition) is 1. The fourth-order valence-electron chi connectivity index (χ4n) is 5.74.